The fourth-order valence-corrected chi connectivity index (χ4v) is 1.67. The molecule has 0 spiro atoms. The maximum atomic E-state index is 11.8. The Morgan fingerprint density at radius 2 is 2.57 bits per heavy atom. The zero-order valence-electron chi connectivity index (χ0n) is 7.52. The molecule has 1 unspecified atom stereocenters. The number of nitrogens with zero attached hydrogens (tertiary/aromatic N) is 3. The lowest BCUT2D eigenvalue weighted by Crippen LogP contribution is -2.17. The molecule has 0 amide bonds. The van der Waals surface area contributed by atoms with Gasteiger partial charge < -0.3 is 4.74 Å². The monoisotopic (exact) mass is 192 g/mol. The third-order valence-electron chi connectivity index (χ3n) is 2.31. The van der Waals surface area contributed by atoms with Crippen molar-refractivity contribution in [1.82, 2.24) is 19.6 Å². The third-order valence-corrected chi connectivity index (χ3v) is 2.31. The van der Waals surface area contributed by atoms with Crippen molar-refractivity contribution in [3.63, 3.8) is 0 Å². The summed E-state index contributed by atoms with van der Waals surface area (Å²) in [5.41, 5.74) is 0.541. The summed E-state index contributed by atoms with van der Waals surface area (Å²) in [7, 11) is 0. The summed E-state index contributed by atoms with van der Waals surface area (Å²) in [6, 6.07) is 0. The van der Waals surface area contributed by atoms with Crippen LogP contribution in [0, 0.1) is 0 Å². The molecule has 0 radical (unpaired) electrons. The van der Waals surface area contributed by atoms with E-state index in [2.05, 4.69) is 15.2 Å². The van der Waals surface area contributed by atoms with Gasteiger partial charge in [-0.25, -0.2) is 9.50 Å². The van der Waals surface area contributed by atoms with Crippen LogP contribution in [0.25, 0.3) is 5.78 Å². The first-order valence-electron chi connectivity index (χ1n) is 4.37. The molecule has 1 atom stereocenters. The van der Waals surface area contributed by atoms with Crippen molar-refractivity contribution in [2.75, 3.05) is 0 Å². The van der Waals surface area contributed by atoms with Crippen molar-refractivity contribution < 1.29 is 4.74 Å². The predicted octanol–water partition coefficient (Wildman–Crippen LogP) is -0.259. The predicted molar refractivity (Wildman–Crippen MR) is 47.4 cm³/mol. The summed E-state index contributed by atoms with van der Waals surface area (Å²) in [4.78, 5) is 16.0. The number of rotatable bonds is 0. The second-order valence-electron chi connectivity index (χ2n) is 3.38. The molecule has 6 nitrogen and oxygen atoms in total. The van der Waals surface area contributed by atoms with Crippen molar-refractivity contribution in [2.45, 2.75) is 19.4 Å². The number of aromatic amines is 1. The van der Waals surface area contributed by atoms with E-state index in [0.717, 1.165) is 0 Å². The molecule has 2 aromatic heterocycles. The third kappa shape index (κ3) is 0.822. The molecule has 1 N–H and O–H groups in total. The number of aromatic nitrogens is 4. The van der Waals surface area contributed by atoms with Gasteiger partial charge >= 0.3 is 0 Å². The highest BCUT2D eigenvalue weighted by Crippen LogP contribution is 2.22. The first-order valence-corrected chi connectivity index (χ1v) is 4.37. The Kier molecular flexibility index (Phi) is 1.26. The van der Waals surface area contributed by atoms with Crippen LogP contribution in [0.4, 0.5) is 0 Å². The van der Waals surface area contributed by atoms with Crippen LogP contribution < -0.4 is 10.3 Å². The number of nitrogens with one attached hydrogen (secondary N) is 1. The molecule has 2 aromatic rings. The summed E-state index contributed by atoms with van der Waals surface area (Å²) < 4.78 is 6.78. The van der Waals surface area contributed by atoms with Gasteiger partial charge in [0.2, 0.25) is 11.7 Å². The van der Waals surface area contributed by atoms with Crippen LogP contribution in [0.5, 0.6) is 5.88 Å². The van der Waals surface area contributed by atoms with Crippen molar-refractivity contribution in [2.24, 2.45) is 0 Å². The van der Waals surface area contributed by atoms with Gasteiger partial charge in [0.15, 0.2) is 0 Å². The molecular weight excluding hydrogens is 184 g/mol. The van der Waals surface area contributed by atoms with Crippen molar-refractivity contribution >= 4 is 5.78 Å². The highest BCUT2D eigenvalue weighted by atomic mass is 16.5. The Balaban J connectivity index is 2.41. The number of hydrogen-bond donors (Lipinski definition) is 1. The van der Waals surface area contributed by atoms with Crippen LogP contribution in [0.1, 0.15) is 12.5 Å². The van der Waals surface area contributed by atoms with Gasteiger partial charge in [0.25, 0.3) is 5.56 Å². The molecule has 1 aliphatic rings. The van der Waals surface area contributed by atoms with E-state index < -0.39 is 0 Å². The Hall–Kier alpha value is -1.85. The lowest BCUT2D eigenvalue weighted by atomic mass is 10.2. The number of ether oxygens (including phenoxy) is 1. The summed E-state index contributed by atoms with van der Waals surface area (Å²) >= 11 is 0. The average Bonchev–Trinajstić information content (AvgIpc) is 2.71. The average molecular weight is 192 g/mol. The minimum atomic E-state index is -0.0944. The number of fused-ring (bicyclic) bond motifs is 2. The lowest BCUT2D eigenvalue weighted by Gasteiger charge is -2.00. The van der Waals surface area contributed by atoms with E-state index in [-0.39, 0.29) is 11.7 Å². The number of H-pyrrole nitrogens is 1. The first kappa shape index (κ1) is 7.54. The smallest absolute Gasteiger partial charge is 0.267 e. The minimum absolute atomic E-state index is 0.0327. The molecule has 0 saturated carbocycles. The fourth-order valence-electron chi connectivity index (χ4n) is 1.67. The van der Waals surface area contributed by atoms with Gasteiger partial charge in [-0.1, -0.05) is 0 Å². The molecular formula is C8H8N4O2. The highest BCUT2D eigenvalue weighted by molar-refractivity contribution is 5.37. The normalized spacial score (nSPS) is 19.6. The topological polar surface area (TPSA) is 72.3 Å². The molecule has 14 heavy (non-hydrogen) atoms. The van der Waals surface area contributed by atoms with Crippen LogP contribution >= 0.6 is 0 Å². The van der Waals surface area contributed by atoms with Crippen molar-refractivity contribution in [1.29, 1.82) is 0 Å². The maximum absolute atomic E-state index is 11.8. The first-order chi connectivity index (χ1) is 6.75. The van der Waals surface area contributed by atoms with Crippen LogP contribution in [0.2, 0.25) is 0 Å². The molecule has 6 heteroatoms. The molecule has 0 aliphatic carbocycles. The molecule has 3 heterocycles. The van der Waals surface area contributed by atoms with E-state index in [9.17, 15) is 4.79 Å². The van der Waals surface area contributed by atoms with Crippen LogP contribution in [-0.2, 0) is 6.42 Å². The van der Waals surface area contributed by atoms with Crippen molar-refractivity contribution in [3.8, 4) is 5.88 Å². The van der Waals surface area contributed by atoms with E-state index in [1.807, 2.05) is 6.92 Å². The van der Waals surface area contributed by atoms with Gasteiger partial charge in [0, 0.05) is 6.42 Å². The number of hydrogen-bond acceptors (Lipinski definition) is 4. The molecule has 1 aliphatic heterocycles. The summed E-state index contributed by atoms with van der Waals surface area (Å²) in [5.74, 6) is 0.856. The second-order valence-corrected chi connectivity index (χ2v) is 3.38. The summed E-state index contributed by atoms with van der Waals surface area (Å²) in [5, 5.41) is 6.37. The van der Waals surface area contributed by atoms with Gasteiger partial charge in [-0.2, -0.15) is 10.1 Å². The van der Waals surface area contributed by atoms with Crippen LogP contribution in [0.3, 0.4) is 0 Å². The molecule has 0 bridgehead atoms. The second kappa shape index (κ2) is 2.34. The highest BCUT2D eigenvalue weighted by Gasteiger charge is 2.25. The van der Waals surface area contributed by atoms with Gasteiger partial charge in [-0.05, 0) is 6.92 Å². The molecule has 0 aromatic carbocycles. The van der Waals surface area contributed by atoms with Gasteiger partial charge in [0.05, 0.1) is 5.56 Å². The summed E-state index contributed by atoms with van der Waals surface area (Å²) in [6.45, 7) is 1.92. The van der Waals surface area contributed by atoms with E-state index in [0.29, 0.717) is 23.6 Å². The standard InChI is InChI=1S/C8H8N4O2/c1-4-2-5-6(14-4)10-8-11-9-3-12(8)7(5)13/h3-4H,2H2,1H3,(H,10,11). The molecule has 0 fully saturated rings. The van der Waals surface area contributed by atoms with E-state index in [4.69, 9.17) is 4.74 Å². The van der Waals surface area contributed by atoms with E-state index in [1.54, 1.807) is 0 Å². The van der Waals surface area contributed by atoms with Crippen LogP contribution in [0.15, 0.2) is 11.1 Å². The SMILES string of the molecule is CC1Cc2c(nc3[nH]ncn3c2=O)O1. The quantitative estimate of drug-likeness (QED) is 0.624. The minimum Gasteiger partial charge on any atom is -0.474 e. The lowest BCUT2D eigenvalue weighted by molar-refractivity contribution is 0.246. The van der Waals surface area contributed by atoms with Crippen molar-refractivity contribution in [3.05, 3.63) is 22.2 Å². The zero-order chi connectivity index (χ0) is 9.71. The van der Waals surface area contributed by atoms with Gasteiger partial charge in [-0.3, -0.25) is 4.79 Å². The Morgan fingerprint density at radius 3 is 3.43 bits per heavy atom. The molecule has 72 valence electrons. The maximum Gasteiger partial charge on any atom is 0.267 e. The van der Waals surface area contributed by atoms with E-state index in [1.165, 1.54) is 10.7 Å². The zero-order valence-corrected chi connectivity index (χ0v) is 7.52. The molecule has 0 saturated heterocycles. The fraction of sp³-hybridized carbons (Fsp3) is 0.375. The van der Waals surface area contributed by atoms with E-state index >= 15 is 0 Å². The Morgan fingerprint density at radius 1 is 1.71 bits per heavy atom. The van der Waals surface area contributed by atoms with Crippen LogP contribution in [-0.4, -0.2) is 25.7 Å². The van der Waals surface area contributed by atoms with Gasteiger partial charge in [-0.15, -0.1) is 0 Å². The summed E-state index contributed by atoms with van der Waals surface area (Å²) in [6.07, 6.45) is 2.08. The Bertz CT molecular complexity index is 556. The molecule has 3 rings (SSSR count). The van der Waals surface area contributed by atoms with Gasteiger partial charge in [0.1, 0.15) is 12.4 Å². The Labute approximate surface area is 78.5 Å². The largest absolute Gasteiger partial charge is 0.474 e.